The van der Waals surface area contributed by atoms with E-state index >= 15 is 0 Å². The Hall–Kier alpha value is -3.43. The molecule has 0 saturated carbocycles. The molecule has 26 heavy (non-hydrogen) atoms. The molecule has 1 unspecified atom stereocenters. The number of nitrogens with one attached hydrogen (secondary N) is 1. The number of nitrogen functional groups attached to an aromatic ring is 1. The van der Waals surface area contributed by atoms with Crippen molar-refractivity contribution in [3.8, 4) is 5.75 Å². The second-order valence-electron chi connectivity index (χ2n) is 5.76. The van der Waals surface area contributed by atoms with Crippen LogP contribution in [-0.4, -0.2) is 47.0 Å². The van der Waals surface area contributed by atoms with Crippen LogP contribution in [0.15, 0.2) is 24.3 Å². The van der Waals surface area contributed by atoms with Gasteiger partial charge in [0.1, 0.15) is 5.75 Å². The van der Waals surface area contributed by atoms with Gasteiger partial charge >= 0.3 is 5.97 Å². The number of ether oxygens (including phenoxy) is 2. The highest BCUT2D eigenvalue weighted by molar-refractivity contribution is 5.99. The lowest BCUT2D eigenvalue weighted by Crippen LogP contribution is -2.38. The number of anilines is 3. The molecule has 0 aliphatic carbocycles. The number of rotatable bonds is 5. The minimum Gasteiger partial charge on any atom is -0.478 e. The molecular weight excluding hydrogens is 340 g/mol. The summed E-state index contributed by atoms with van der Waals surface area (Å²) in [6.45, 7) is -0.183. The Labute approximate surface area is 149 Å². The smallest absolute Gasteiger partial charge is 0.310 e. The van der Waals surface area contributed by atoms with Crippen molar-refractivity contribution in [1.82, 2.24) is 15.0 Å². The molecule has 1 aromatic carbocycles. The molecule has 3 N–H and O–H groups in total. The topological polar surface area (TPSA) is 133 Å². The number of hydrogen-bond donors (Lipinski definition) is 2. The number of carbonyl (C=O) groups excluding carboxylic acids is 2. The summed E-state index contributed by atoms with van der Waals surface area (Å²) in [5.41, 5.74) is 6.18. The molecule has 0 fully saturated rings. The first-order chi connectivity index (χ1) is 12.4. The van der Waals surface area contributed by atoms with Crippen LogP contribution in [0.3, 0.4) is 0 Å². The van der Waals surface area contributed by atoms with Crippen LogP contribution in [0.5, 0.6) is 5.75 Å². The van der Waals surface area contributed by atoms with Gasteiger partial charge < -0.3 is 25.4 Å². The van der Waals surface area contributed by atoms with Crippen LogP contribution in [0.1, 0.15) is 12.2 Å². The molecule has 136 valence electrons. The summed E-state index contributed by atoms with van der Waals surface area (Å²) in [7, 11) is 3.50. The first-order valence-electron chi connectivity index (χ1n) is 7.82. The normalized spacial score (nSPS) is 15.5. The van der Waals surface area contributed by atoms with Gasteiger partial charge in [0.25, 0.3) is 5.91 Å². The van der Waals surface area contributed by atoms with E-state index in [1.165, 1.54) is 0 Å². The molecule has 1 aliphatic rings. The highest BCUT2D eigenvalue weighted by Crippen LogP contribution is 2.29. The predicted molar refractivity (Wildman–Crippen MR) is 92.5 cm³/mol. The van der Waals surface area contributed by atoms with E-state index < -0.39 is 18.0 Å². The van der Waals surface area contributed by atoms with Crippen molar-refractivity contribution in [3.05, 3.63) is 30.1 Å². The first kappa shape index (κ1) is 17.4. The van der Waals surface area contributed by atoms with Gasteiger partial charge in [-0.05, 0) is 12.1 Å². The Morgan fingerprint density at radius 1 is 1.31 bits per heavy atom. The Bertz CT molecular complexity index is 841. The summed E-state index contributed by atoms with van der Waals surface area (Å²) >= 11 is 0. The van der Waals surface area contributed by atoms with Gasteiger partial charge in [0.15, 0.2) is 18.5 Å². The van der Waals surface area contributed by atoms with Gasteiger partial charge in [-0.3, -0.25) is 9.59 Å². The SMILES string of the molecule is CN(C)c1nc(N)nc(COC(=O)CC2Oc3ccccc3NC2=O)n1. The van der Waals surface area contributed by atoms with Crippen LogP contribution >= 0.6 is 0 Å². The van der Waals surface area contributed by atoms with Crippen molar-refractivity contribution < 1.29 is 19.1 Å². The third-order valence-electron chi connectivity index (χ3n) is 3.51. The number of fused-ring (bicyclic) bond motifs is 1. The van der Waals surface area contributed by atoms with E-state index in [-0.39, 0.29) is 24.8 Å². The first-order valence-corrected chi connectivity index (χ1v) is 7.82. The van der Waals surface area contributed by atoms with E-state index in [1.54, 1.807) is 43.3 Å². The van der Waals surface area contributed by atoms with Gasteiger partial charge in [-0.15, -0.1) is 0 Å². The van der Waals surface area contributed by atoms with E-state index in [9.17, 15) is 9.59 Å². The lowest BCUT2D eigenvalue weighted by Gasteiger charge is -2.25. The Balaban J connectivity index is 1.59. The van der Waals surface area contributed by atoms with Gasteiger partial charge in [0.05, 0.1) is 12.1 Å². The number of carbonyl (C=O) groups is 2. The molecule has 1 amide bonds. The fourth-order valence-electron chi connectivity index (χ4n) is 2.27. The summed E-state index contributed by atoms with van der Waals surface area (Å²) in [4.78, 5) is 37.7. The van der Waals surface area contributed by atoms with Crippen molar-refractivity contribution in [2.24, 2.45) is 0 Å². The molecule has 2 aromatic rings. The molecule has 0 bridgehead atoms. The van der Waals surface area contributed by atoms with E-state index in [4.69, 9.17) is 15.2 Å². The van der Waals surface area contributed by atoms with Crippen LogP contribution in [0, 0.1) is 0 Å². The number of para-hydroxylation sites is 2. The standard InChI is InChI=1S/C16H18N6O4/c1-22(2)16-20-12(19-15(17)21-16)8-25-13(23)7-11-14(24)18-9-5-3-4-6-10(9)26-11/h3-6,11H,7-8H2,1-2H3,(H,18,24)(H2,17,19,20,21). The molecule has 2 heterocycles. The minimum atomic E-state index is -0.960. The zero-order valence-corrected chi connectivity index (χ0v) is 14.3. The van der Waals surface area contributed by atoms with Gasteiger partial charge in [0, 0.05) is 14.1 Å². The Morgan fingerprint density at radius 3 is 2.85 bits per heavy atom. The van der Waals surface area contributed by atoms with Crippen LogP contribution in [0.4, 0.5) is 17.6 Å². The summed E-state index contributed by atoms with van der Waals surface area (Å²) in [5.74, 6) is 0.0889. The van der Waals surface area contributed by atoms with Crippen molar-refractivity contribution in [2.45, 2.75) is 19.1 Å². The van der Waals surface area contributed by atoms with Crippen LogP contribution < -0.4 is 20.7 Å². The van der Waals surface area contributed by atoms with Crippen LogP contribution in [-0.2, 0) is 20.9 Å². The highest BCUT2D eigenvalue weighted by Gasteiger charge is 2.30. The summed E-state index contributed by atoms with van der Waals surface area (Å²) < 4.78 is 10.7. The predicted octanol–water partition coefficient (Wildman–Crippen LogP) is 0.353. The van der Waals surface area contributed by atoms with E-state index in [0.29, 0.717) is 17.4 Å². The van der Waals surface area contributed by atoms with Gasteiger partial charge in [0.2, 0.25) is 11.9 Å². The van der Waals surface area contributed by atoms with Crippen molar-refractivity contribution in [2.75, 3.05) is 30.0 Å². The molecule has 3 rings (SSSR count). The minimum absolute atomic E-state index is 0.0290. The highest BCUT2D eigenvalue weighted by atomic mass is 16.5. The maximum Gasteiger partial charge on any atom is 0.310 e. The maximum absolute atomic E-state index is 12.1. The lowest BCUT2D eigenvalue weighted by molar-refractivity contribution is -0.149. The van der Waals surface area contributed by atoms with Crippen LogP contribution in [0.25, 0.3) is 0 Å². The average molecular weight is 358 g/mol. The maximum atomic E-state index is 12.1. The molecule has 10 heteroatoms. The molecule has 1 aliphatic heterocycles. The van der Waals surface area contributed by atoms with E-state index in [1.807, 2.05) is 0 Å². The summed E-state index contributed by atoms with van der Waals surface area (Å²) in [6.07, 6.45) is -1.19. The molecule has 0 radical (unpaired) electrons. The largest absolute Gasteiger partial charge is 0.478 e. The average Bonchev–Trinajstić information content (AvgIpc) is 2.60. The second-order valence-corrected chi connectivity index (χ2v) is 5.76. The van der Waals surface area contributed by atoms with Crippen LogP contribution in [0.2, 0.25) is 0 Å². The number of benzene rings is 1. The number of hydrogen-bond acceptors (Lipinski definition) is 9. The van der Waals surface area contributed by atoms with Crippen molar-refractivity contribution in [1.29, 1.82) is 0 Å². The number of amides is 1. The fourth-order valence-corrected chi connectivity index (χ4v) is 2.27. The summed E-state index contributed by atoms with van der Waals surface area (Å²) in [5, 5.41) is 2.69. The zero-order valence-electron chi connectivity index (χ0n) is 14.3. The molecule has 10 nitrogen and oxygen atoms in total. The molecular formula is C16H18N6O4. The van der Waals surface area contributed by atoms with Crippen molar-refractivity contribution in [3.63, 3.8) is 0 Å². The number of esters is 1. The molecule has 0 saturated heterocycles. The van der Waals surface area contributed by atoms with E-state index in [0.717, 1.165) is 0 Å². The van der Waals surface area contributed by atoms with Gasteiger partial charge in [-0.2, -0.15) is 15.0 Å². The molecule has 0 spiro atoms. The number of nitrogens with two attached hydrogens (primary N) is 1. The molecule has 1 atom stereocenters. The third-order valence-corrected chi connectivity index (χ3v) is 3.51. The monoisotopic (exact) mass is 358 g/mol. The van der Waals surface area contributed by atoms with E-state index in [2.05, 4.69) is 20.3 Å². The number of aromatic nitrogens is 3. The molecule has 1 aromatic heterocycles. The third kappa shape index (κ3) is 3.97. The number of nitrogens with zero attached hydrogens (tertiary/aromatic N) is 4. The fraction of sp³-hybridized carbons (Fsp3) is 0.312. The quantitative estimate of drug-likeness (QED) is 0.726. The van der Waals surface area contributed by atoms with Crippen molar-refractivity contribution >= 4 is 29.5 Å². The Kier molecular flexibility index (Phi) is 4.83. The summed E-state index contributed by atoms with van der Waals surface area (Å²) in [6, 6.07) is 6.98. The Morgan fingerprint density at radius 2 is 2.08 bits per heavy atom. The van der Waals surface area contributed by atoms with Gasteiger partial charge in [-0.1, -0.05) is 12.1 Å². The second kappa shape index (κ2) is 7.21. The lowest BCUT2D eigenvalue weighted by atomic mass is 10.1. The van der Waals surface area contributed by atoms with Gasteiger partial charge in [-0.25, -0.2) is 0 Å². The zero-order chi connectivity index (χ0) is 18.7.